The highest BCUT2D eigenvalue weighted by Gasteiger charge is 2.45. The Morgan fingerprint density at radius 2 is 1.85 bits per heavy atom. The van der Waals surface area contributed by atoms with Crippen LogP contribution in [0.1, 0.15) is 30.9 Å². The molecule has 4 aromatic rings. The lowest BCUT2D eigenvalue weighted by atomic mass is 9.76. The minimum atomic E-state index is -4.73. The molecule has 2 aromatic carbocycles. The minimum absolute atomic E-state index is 0.0950. The first-order chi connectivity index (χ1) is 19.6. The van der Waals surface area contributed by atoms with Gasteiger partial charge < -0.3 is 30.3 Å². The first-order valence-electron chi connectivity index (χ1n) is 13.1. The summed E-state index contributed by atoms with van der Waals surface area (Å²) in [5.41, 5.74) is 7.70. The van der Waals surface area contributed by atoms with Crippen LogP contribution in [0.3, 0.4) is 0 Å². The molecule has 2 aliphatic rings. The van der Waals surface area contributed by atoms with Crippen LogP contribution in [0.25, 0.3) is 22.1 Å². The van der Waals surface area contributed by atoms with Gasteiger partial charge in [0.2, 0.25) is 17.9 Å². The maximum absolute atomic E-state index is 14.2. The van der Waals surface area contributed by atoms with E-state index < -0.39 is 24.3 Å². The van der Waals surface area contributed by atoms with Crippen molar-refractivity contribution < 1.29 is 32.3 Å². The van der Waals surface area contributed by atoms with Gasteiger partial charge in [-0.05, 0) is 47.9 Å². The summed E-state index contributed by atoms with van der Waals surface area (Å²) in [6.45, 7) is 1.71. The fraction of sp³-hybridized carbons (Fsp3) is 0.357. The standard InChI is InChI=1S/C28H27F3N6O4/c29-28(30,31)24(17-3-1-16(2-4-17)18-5-6-19-14-34-41-21(19)11-18)40-23-12-22(35-26(32)36-23)37-9-7-27(8-10-37)13-20(25(38)39)33-15-27/h1-6,11-12,14,20,24,33H,7-10,13,15H2,(H,38,39)(H2,32,35,36)/t20-,24+/m0/s1. The summed E-state index contributed by atoms with van der Waals surface area (Å²) >= 11 is 0. The van der Waals surface area contributed by atoms with Crippen LogP contribution in [0, 0.1) is 5.41 Å². The van der Waals surface area contributed by atoms with Gasteiger partial charge in [-0.15, -0.1) is 0 Å². The summed E-state index contributed by atoms with van der Waals surface area (Å²) in [6.07, 6.45) is -3.46. The number of piperidine rings is 1. The average molecular weight is 569 g/mol. The van der Waals surface area contributed by atoms with E-state index in [0.717, 1.165) is 10.9 Å². The Hall–Kier alpha value is -4.39. The number of ether oxygens (including phenoxy) is 1. The zero-order valence-electron chi connectivity index (χ0n) is 21.8. The molecule has 41 heavy (non-hydrogen) atoms. The van der Waals surface area contributed by atoms with Gasteiger partial charge in [0.1, 0.15) is 11.9 Å². The lowest BCUT2D eigenvalue weighted by Gasteiger charge is -2.39. The molecule has 0 radical (unpaired) electrons. The summed E-state index contributed by atoms with van der Waals surface area (Å²) in [5.74, 6) is -0.993. The highest BCUT2D eigenvalue weighted by atomic mass is 19.4. The second kappa shape index (κ2) is 10.2. The molecule has 4 heterocycles. The third-order valence-electron chi connectivity index (χ3n) is 7.95. The molecule has 2 aliphatic heterocycles. The number of carbonyl (C=O) groups is 1. The Labute approximate surface area is 232 Å². The van der Waals surface area contributed by atoms with E-state index in [1.165, 1.54) is 18.2 Å². The molecule has 2 fully saturated rings. The van der Waals surface area contributed by atoms with Gasteiger partial charge in [-0.2, -0.15) is 23.1 Å². The summed E-state index contributed by atoms with van der Waals surface area (Å²) in [6, 6.07) is 12.2. The van der Waals surface area contributed by atoms with E-state index in [-0.39, 0.29) is 22.8 Å². The van der Waals surface area contributed by atoms with Crippen molar-refractivity contribution in [3.8, 4) is 17.0 Å². The first kappa shape index (κ1) is 26.8. The first-order valence-corrected chi connectivity index (χ1v) is 13.1. The van der Waals surface area contributed by atoms with Gasteiger partial charge in [0.15, 0.2) is 5.58 Å². The van der Waals surface area contributed by atoms with Crippen molar-refractivity contribution >= 4 is 28.7 Å². The van der Waals surface area contributed by atoms with E-state index in [1.54, 1.807) is 24.4 Å². The van der Waals surface area contributed by atoms with Gasteiger partial charge in [0.25, 0.3) is 0 Å². The van der Waals surface area contributed by atoms with Crippen LogP contribution in [0.2, 0.25) is 0 Å². The van der Waals surface area contributed by atoms with Crippen LogP contribution in [0.4, 0.5) is 24.9 Å². The second-order valence-corrected chi connectivity index (χ2v) is 10.6. The highest BCUT2D eigenvalue weighted by Crippen LogP contribution is 2.41. The number of nitrogens with one attached hydrogen (secondary N) is 1. The predicted molar refractivity (Wildman–Crippen MR) is 143 cm³/mol. The number of fused-ring (bicyclic) bond motifs is 1. The van der Waals surface area contributed by atoms with Crippen molar-refractivity contribution in [3.05, 3.63) is 60.3 Å². The number of benzene rings is 2. The normalized spacial score (nSPS) is 19.5. The van der Waals surface area contributed by atoms with Crippen molar-refractivity contribution in [2.24, 2.45) is 5.41 Å². The highest BCUT2D eigenvalue weighted by molar-refractivity contribution is 5.82. The van der Waals surface area contributed by atoms with Gasteiger partial charge in [-0.1, -0.05) is 35.5 Å². The zero-order chi connectivity index (χ0) is 28.8. The Morgan fingerprint density at radius 1 is 1.12 bits per heavy atom. The number of alkyl halides is 3. The van der Waals surface area contributed by atoms with Crippen LogP contribution < -0.4 is 20.7 Å². The Morgan fingerprint density at radius 3 is 2.54 bits per heavy atom. The lowest BCUT2D eigenvalue weighted by molar-refractivity contribution is -0.198. The molecule has 1 spiro atoms. The van der Waals surface area contributed by atoms with Gasteiger partial charge in [-0.3, -0.25) is 4.79 Å². The number of carboxylic acids is 1. The molecule has 0 unspecified atom stereocenters. The summed E-state index contributed by atoms with van der Waals surface area (Å²) in [4.78, 5) is 21.4. The topological polar surface area (TPSA) is 140 Å². The van der Waals surface area contributed by atoms with Gasteiger partial charge in [-0.25, -0.2) is 0 Å². The molecule has 214 valence electrons. The number of hydrogen-bond acceptors (Lipinski definition) is 9. The fourth-order valence-electron chi connectivity index (χ4n) is 5.67. The van der Waals surface area contributed by atoms with E-state index in [9.17, 15) is 23.1 Å². The molecule has 0 aliphatic carbocycles. The summed E-state index contributed by atoms with van der Waals surface area (Å²) in [7, 11) is 0. The van der Waals surface area contributed by atoms with E-state index in [2.05, 4.69) is 20.4 Å². The molecule has 13 heteroatoms. The molecular weight excluding hydrogens is 541 g/mol. The number of halogens is 3. The smallest absolute Gasteiger partial charge is 0.429 e. The van der Waals surface area contributed by atoms with Gasteiger partial charge in [0.05, 0.1) is 6.20 Å². The monoisotopic (exact) mass is 568 g/mol. The SMILES string of the molecule is Nc1nc(O[C@H](c2ccc(-c3ccc4cnoc4c3)cc2)C(F)(F)F)cc(N2CCC3(CC2)CN[C@H](C(=O)O)C3)n1. The van der Waals surface area contributed by atoms with Crippen LogP contribution in [-0.2, 0) is 4.79 Å². The summed E-state index contributed by atoms with van der Waals surface area (Å²) in [5, 5.41) is 17.0. The number of nitrogens with two attached hydrogens (primary N) is 1. The molecule has 2 saturated heterocycles. The van der Waals surface area contributed by atoms with Gasteiger partial charge in [0, 0.05) is 36.7 Å². The molecule has 4 N–H and O–H groups in total. The molecule has 0 amide bonds. The molecule has 2 atom stereocenters. The number of carboxylic acid groups (broad SMARTS) is 1. The largest absolute Gasteiger partial charge is 0.480 e. The number of anilines is 2. The number of nitrogen functional groups attached to an aromatic ring is 1. The number of rotatable bonds is 6. The predicted octanol–water partition coefficient (Wildman–Crippen LogP) is 4.58. The number of aliphatic carboxylic acids is 1. The van der Waals surface area contributed by atoms with Crippen LogP contribution in [0.15, 0.2) is 59.3 Å². The fourth-order valence-corrected chi connectivity index (χ4v) is 5.67. The van der Waals surface area contributed by atoms with Crippen LogP contribution >= 0.6 is 0 Å². The van der Waals surface area contributed by atoms with E-state index in [4.69, 9.17) is 15.0 Å². The molecule has 6 rings (SSSR count). The van der Waals surface area contributed by atoms with Crippen molar-refractivity contribution in [2.45, 2.75) is 37.6 Å². The Balaban J connectivity index is 1.19. The van der Waals surface area contributed by atoms with Crippen LogP contribution in [-0.4, -0.2) is 58.1 Å². The van der Waals surface area contributed by atoms with Crippen molar-refractivity contribution in [2.75, 3.05) is 30.3 Å². The number of aromatic nitrogens is 3. The maximum atomic E-state index is 14.2. The van der Waals surface area contributed by atoms with E-state index in [1.807, 2.05) is 17.0 Å². The van der Waals surface area contributed by atoms with Crippen LogP contribution in [0.5, 0.6) is 5.88 Å². The van der Waals surface area contributed by atoms with Crippen molar-refractivity contribution in [1.82, 2.24) is 20.4 Å². The quantitative estimate of drug-likeness (QED) is 0.303. The van der Waals surface area contributed by atoms with Gasteiger partial charge >= 0.3 is 12.1 Å². The van der Waals surface area contributed by atoms with Crippen molar-refractivity contribution in [3.63, 3.8) is 0 Å². The molecule has 2 aromatic heterocycles. The second-order valence-electron chi connectivity index (χ2n) is 10.6. The average Bonchev–Trinajstić information content (AvgIpc) is 3.58. The number of hydrogen-bond donors (Lipinski definition) is 3. The third kappa shape index (κ3) is 5.49. The molecular formula is C28H27F3N6O4. The Kier molecular flexibility index (Phi) is 6.68. The van der Waals surface area contributed by atoms with E-state index in [0.29, 0.717) is 55.9 Å². The zero-order valence-corrected chi connectivity index (χ0v) is 21.8. The Bertz CT molecular complexity index is 1570. The third-order valence-corrected chi connectivity index (χ3v) is 7.95. The lowest BCUT2D eigenvalue weighted by Crippen LogP contribution is -2.41. The van der Waals surface area contributed by atoms with Crippen molar-refractivity contribution in [1.29, 1.82) is 0 Å². The minimum Gasteiger partial charge on any atom is -0.480 e. The maximum Gasteiger partial charge on any atom is 0.429 e. The molecule has 0 bridgehead atoms. The molecule has 0 saturated carbocycles. The molecule has 10 nitrogen and oxygen atoms in total. The van der Waals surface area contributed by atoms with E-state index >= 15 is 0 Å². The number of nitrogens with zero attached hydrogens (tertiary/aromatic N) is 4. The summed E-state index contributed by atoms with van der Waals surface area (Å²) < 4.78 is 53.2.